The molecule has 0 radical (unpaired) electrons. The summed E-state index contributed by atoms with van der Waals surface area (Å²) >= 11 is 1.23. The first-order valence-electron chi connectivity index (χ1n) is 12.0. The van der Waals surface area contributed by atoms with Crippen LogP contribution in [0.4, 0.5) is 18.9 Å². The van der Waals surface area contributed by atoms with Crippen molar-refractivity contribution in [3.05, 3.63) is 47.8 Å². The molecule has 2 aliphatic heterocycles. The predicted octanol–water partition coefficient (Wildman–Crippen LogP) is 1.96. The minimum atomic E-state index is -4.78. The number of aliphatic hydroxyl groups is 1. The number of alkyl halides is 3. The third-order valence-corrected chi connectivity index (χ3v) is 7.91. The van der Waals surface area contributed by atoms with Gasteiger partial charge in [-0.2, -0.15) is 23.3 Å². The number of nitrogens with one attached hydrogen (secondary N) is 2. The lowest BCUT2D eigenvalue weighted by Crippen LogP contribution is -2.88. The van der Waals surface area contributed by atoms with Crippen molar-refractivity contribution in [2.45, 2.75) is 60.9 Å². The Bertz CT molecular complexity index is 1260. The Morgan fingerprint density at radius 2 is 2.08 bits per heavy atom. The van der Waals surface area contributed by atoms with Crippen molar-refractivity contribution < 1.29 is 32.8 Å². The highest BCUT2D eigenvalue weighted by atomic mass is 32.2. The number of hydrogen-bond acceptors (Lipinski definition) is 7. The number of halogens is 3. The standard InChI is InChI=1S/C25H24F3N5O3S/c26-25(27,28)20-11-16(13-31-21(20)12-29)33-22(35)24(7-1-8-24)32-23(33)37-19-4-2-17(3-5-19)36-18-6-9-30-15(10-18)14-34/h2-5,11,13,15,18,30,34H,1,6-10,14H2/p+1. The number of aliphatic hydroxyl groups excluding tert-OH is 1. The third kappa shape index (κ3) is 5.03. The number of nitriles is 1. The molecule has 2 fully saturated rings. The Labute approximate surface area is 215 Å². The summed E-state index contributed by atoms with van der Waals surface area (Å²) in [4.78, 5) is 22.3. The number of rotatable bonds is 5. The summed E-state index contributed by atoms with van der Waals surface area (Å²) in [7, 11) is 0. The molecular weight excluding hydrogens is 507 g/mol. The molecule has 1 aromatic carbocycles. The molecular formula is C25H25F3N5O3S+. The largest absolute Gasteiger partial charge is 0.490 e. The molecule has 3 N–H and O–H groups in total. The molecule has 37 heavy (non-hydrogen) atoms. The van der Waals surface area contributed by atoms with E-state index in [1.807, 2.05) is 24.3 Å². The van der Waals surface area contributed by atoms with Gasteiger partial charge in [0.15, 0.2) is 11.4 Å². The summed E-state index contributed by atoms with van der Waals surface area (Å²) in [6, 6.07) is 9.55. The molecule has 3 aliphatic rings. The topological polar surface area (TPSA) is 112 Å². The molecule has 194 valence electrons. The number of ether oxygens (including phenoxy) is 1. The van der Waals surface area contributed by atoms with E-state index in [9.17, 15) is 23.1 Å². The quantitative estimate of drug-likeness (QED) is 0.540. The monoisotopic (exact) mass is 532 g/mol. The van der Waals surface area contributed by atoms with Crippen molar-refractivity contribution in [3.63, 3.8) is 0 Å². The second-order valence-electron chi connectivity index (χ2n) is 9.38. The van der Waals surface area contributed by atoms with Crippen molar-refractivity contribution in [2.75, 3.05) is 18.1 Å². The smallest absolute Gasteiger partial charge is 0.419 e. The van der Waals surface area contributed by atoms with Gasteiger partial charge in [-0.05, 0) is 55.4 Å². The lowest BCUT2D eigenvalue weighted by Gasteiger charge is -2.29. The number of nitrogens with zero attached hydrogens (tertiary/aromatic N) is 3. The maximum Gasteiger partial charge on any atom is 0.419 e. The highest BCUT2D eigenvalue weighted by molar-refractivity contribution is 8.14. The third-order valence-electron chi connectivity index (χ3n) is 6.92. The molecule has 2 aromatic rings. The normalized spacial score (nSPS) is 22.9. The fourth-order valence-corrected chi connectivity index (χ4v) is 5.80. The van der Waals surface area contributed by atoms with Crippen molar-refractivity contribution in [3.8, 4) is 11.8 Å². The van der Waals surface area contributed by atoms with Gasteiger partial charge in [0.2, 0.25) is 5.54 Å². The minimum absolute atomic E-state index is 0.00958. The number of anilines is 1. The number of amides is 1. The minimum Gasteiger partial charge on any atom is -0.490 e. The number of benzene rings is 1. The second kappa shape index (κ2) is 9.96. The van der Waals surface area contributed by atoms with E-state index in [1.54, 1.807) is 0 Å². The molecule has 1 saturated heterocycles. The van der Waals surface area contributed by atoms with Gasteiger partial charge >= 0.3 is 17.3 Å². The fraction of sp³-hybridized carbons (Fsp3) is 0.440. The summed E-state index contributed by atoms with van der Waals surface area (Å²) in [6.45, 7) is 0.816. The number of carbonyl (C=O) groups is 1. The summed E-state index contributed by atoms with van der Waals surface area (Å²) in [5.41, 5.74) is -2.80. The Morgan fingerprint density at radius 3 is 2.70 bits per heavy atom. The summed E-state index contributed by atoms with van der Waals surface area (Å²) < 4.78 is 46.8. The summed E-state index contributed by atoms with van der Waals surface area (Å²) in [5, 5.41) is 22.1. The molecule has 1 aliphatic carbocycles. The van der Waals surface area contributed by atoms with Crippen LogP contribution in [-0.2, 0) is 11.0 Å². The zero-order chi connectivity index (χ0) is 26.2. The van der Waals surface area contributed by atoms with Crippen molar-refractivity contribution in [1.82, 2.24) is 10.3 Å². The number of aromatic nitrogens is 1. The Kier molecular flexibility index (Phi) is 6.87. The predicted molar refractivity (Wildman–Crippen MR) is 129 cm³/mol. The molecule has 1 amide bonds. The maximum atomic E-state index is 13.6. The van der Waals surface area contributed by atoms with E-state index < -0.39 is 23.0 Å². The molecule has 5 rings (SSSR count). The Balaban J connectivity index is 1.37. The summed E-state index contributed by atoms with van der Waals surface area (Å²) in [5.74, 6) is 0.344. The van der Waals surface area contributed by atoms with Gasteiger partial charge in [0.25, 0.3) is 0 Å². The molecule has 2 atom stereocenters. The number of amidine groups is 1. The highest BCUT2D eigenvalue weighted by Gasteiger charge is 2.59. The average Bonchev–Trinajstić information content (AvgIpc) is 3.16. The van der Waals surface area contributed by atoms with E-state index in [-0.39, 0.29) is 30.3 Å². The van der Waals surface area contributed by atoms with E-state index in [1.165, 1.54) is 22.7 Å². The summed E-state index contributed by atoms with van der Waals surface area (Å²) in [6.07, 6.45) is -0.140. The first kappa shape index (κ1) is 25.5. The molecule has 1 spiro atoms. The van der Waals surface area contributed by atoms with Crippen LogP contribution in [0.1, 0.15) is 43.4 Å². The van der Waals surface area contributed by atoms with Gasteiger partial charge in [0, 0.05) is 36.3 Å². The average molecular weight is 533 g/mol. The van der Waals surface area contributed by atoms with Gasteiger partial charge in [0.1, 0.15) is 17.9 Å². The zero-order valence-corrected chi connectivity index (χ0v) is 20.5. The van der Waals surface area contributed by atoms with Crippen molar-refractivity contribution in [1.29, 1.82) is 5.26 Å². The van der Waals surface area contributed by atoms with E-state index in [4.69, 9.17) is 10.00 Å². The molecule has 12 heteroatoms. The van der Waals surface area contributed by atoms with Crippen LogP contribution in [-0.4, -0.2) is 52.0 Å². The fourth-order valence-electron chi connectivity index (χ4n) is 4.78. The number of pyridine rings is 1. The molecule has 1 saturated carbocycles. The second-order valence-corrected chi connectivity index (χ2v) is 10.4. The van der Waals surface area contributed by atoms with Crippen molar-refractivity contribution >= 4 is 28.5 Å². The van der Waals surface area contributed by atoms with Gasteiger partial charge in [-0.25, -0.2) is 9.78 Å². The van der Waals surface area contributed by atoms with E-state index in [0.717, 1.165) is 36.5 Å². The molecule has 3 heterocycles. The number of carbonyl (C=O) groups excluding carboxylic acids is 1. The van der Waals surface area contributed by atoms with Crippen LogP contribution in [0.5, 0.6) is 5.75 Å². The van der Waals surface area contributed by atoms with Gasteiger partial charge in [0.05, 0.1) is 18.4 Å². The van der Waals surface area contributed by atoms with Crippen LogP contribution < -0.4 is 19.9 Å². The molecule has 0 bridgehead atoms. The van der Waals surface area contributed by atoms with E-state index >= 15 is 0 Å². The Morgan fingerprint density at radius 1 is 1.32 bits per heavy atom. The van der Waals surface area contributed by atoms with E-state index in [0.29, 0.717) is 30.2 Å². The van der Waals surface area contributed by atoms with Crippen LogP contribution in [0.2, 0.25) is 0 Å². The van der Waals surface area contributed by atoms with Gasteiger partial charge in [-0.3, -0.25) is 4.99 Å². The van der Waals surface area contributed by atoms with Gasteiger partial charge < -0.3 is 15.2 Å². The van der Waals surface area contributed by atoms with E-state index in [2.05, 4.69) is 15.3 Å². The first-order chi connectivity index (χ1) is 17.7. The van der Waals surface area contributed by atoms with Crippen LogP contribution >= 0.6 is 11.8 Å². The number of thioether (sulfide) groups is 1. The first-order valence-corrected chi connectivity index (χ1v) is 12.8. The molecule has 2 unspecified atom stereocenters. The van der Waals surface area contributed by atoms with Crippen LogP contribution in [0.15, 0.2) is 41.4 Å². The number of piperidine rings is 1. The van der Waals surface area contributed by atoms with Gasteiger partial charge in [-0.15, -0.1) is 0 Å². The van der Waals surface area contributed by atoms with Gasteiger partial charge in [-0.1, -0.05) is 0 Å². The SMILES string of the molecule is N#Cc1ncc(N2C(=O)C3(CCC3)[NH+]=C2Sc2ccc(OC3CCNC(CO)C3)cc2)cc1C(F)(F)F. The lowest BCUT2D eigenvalue weighted by atomic mass is 9.77. The van der Waals surface area contributed by atoms with Crippen LogP contribution in [0.3, 0.4) is 0 Å². The molecule has 8 nitrogen and oxygen atoms in total. The van der Waals surface area contributed by atoms with Crippen LogP contribution in [0, 0.1) is 11.3 Å². The Hall–Kier alpha value is -3.14. The molecule has 1 aromatic heterocycles. The maximum absolute atomic E-state index is 13.6. The number of hydrogen-bond donors (Lipinski definition) is 3. The zero-order valence-electron chi connectivity index (χ0n) is 19.7. The van der Waals surface area contributed by atoms with Crippen LogP contribution in [0.25, 0.3) is 0 Å². The highest BCUT2D eigenvalue weighted by Crippen LogP contribution is 2.39. The lowest BCUT2D eigenvalue weighted by molar-refractivity contribution is -0.542. The van der Waals surface area contributed by atoms with Crippen molar-refractivity contribution in [2.24, 2.45) is 0 Å².